The van der Waals surface area contributed by atoms with E-state index in [4.69, 9.17) is 5.73 Å². The molecule has 2 unspecified atom stereocenters. The van der Waals surface area contributed by atoms with Crippen LogP contribution in [0.2, 0.25) is 0 Å². The molecule has 0 radical (unpaired) electrons. The van der Waals surface area contributed by atoms with Crippen LogP contribution >= 0.6 is 0 Å². The van der Waals surface area contributed by atoms with E-state index < -0.39 is 24.3 Å². The van der Waals surface area contributed by atoms with Gasteiger partial charge < -0.3 is 5.73 Å². The van der Waals surface area contributed by atoms with E-state index >= 15 is 0 Å². The molecule has 0 saturated heterocycles. The standard InChI is InChI=1S/C14H18F3NO2/c1-2-6-11(13(18)19)9-12(20-14(15,16)17)10-7-4-3-5-8-10/h3-5,7-8,11-12H,2,6,9H2,1H3,(H2,18,19). The highest BCUT2D eigenvalue weighted by Crippen LogP contribution is 2.33. The normalized spacial score (nSPS) is 14.8. The topological polar surface area (TPSA) is 52.3 Å². The van der Waals surface area contributed by atoms with Crippen LogP contribution in [0.5, 0.6) is 0 Å². The van der Waals surface area contributed by atoms with Crippen LogP contribution in [0.25, 0.3) is 0 Å². The molecule has 0 heterocycles. The summed E-state index contributed by atoms with van der Waals surface area (Å²) in [6, 6.07) is 8.04. The van der Waals surface area contributed by atoms with E-state index in [2.05, 4.69) is 4.74 Å². The zero-order chi connectivity index (χ0) is 15.2. The second kappa shape index (κ2) is 7.28. The molecule has 6 heteroatoms. The van der Waals surface area contributed by atoms with Gasteiger partial charge in [-0.3, -0.25) is 9.53 Å². The first-order chi connectivity index (χ1) is 9.33. The van der Waals surface area contributed by atoms with E-state index in [1.807, 2.05) is 6.92 Å². The molecule has 0 aromatic heterocycles. The van der Waals surface area contributed by atoms with Crippen LogP contribution < -0.4 is 5.73 Å². The number of nitrogens with two attached hydrogens (primary N) is 1. The van der Waals surface area contributed by atoms with E-state index in [9.17, 15) is 18.0 Å². The van der Waals surface area contributed by atoms with E-state index in [1.54, 1.807) is 30.3 Å². The highest BCUT2D eigenvalue weighted by Gasteiger charge is 2.35. The Labute approximate surface area is 115 Å². The van der Waals surface area contributed by atoms with Gasteiger partial charge >= 0.3 is 6.36 Å². The van der Waals surface area contributed by atoms with Crippen molar-refractivity contribution in [1.29, 1.82) is 0 Å². The van der Waals surface area contributed by atoms with Crippen molar-refractivity contribution < 1.29 is 22.7 Å². The number of ether oxygens (including phenoxy) is 1. The van der Waals surface area contributed by atoms with Crippen LogP contribution in [0.4, 0.5) is 13.2 Å². The predicted molar refractivity (Wildman–Crippen MR) is 68.5 cm³/mol. The molecule has 2 N–H and O–H groups in total. The zero-order valence-corrected chi connectivity index (χ0v) is 11.2. The van der Waals surface area contributed by atoms with E-state index in [1.165, 1.54) is 0 Å². The third-order valence-corrected chi connectivity index (χ3v) is 2.99. The van der Waals surface area contributed by atoms with Crippen LogP contribution in [0.3, 0.4) is 0 Å². The molecule has 1 amide bonds. The van der Waals surface area contributed by atoms with Crippen molar-refractivity contribution in [3.63, 3.8) is 0 Å². The Hall–Kier alpha value is -1.56. The molecule has 0 fully saturated rings. The Morgan fingerprint density at radius 2 is 1.90 bits per heavy atom. The summed E-state index contributed by atoms with van der Waals surface area (Å²) >= 11 is 0. The number of carbonyl (C=O) groups is 1. The largest absolute Gasteiger partial charge is 0.523 e. The smallest absolute Gasteiger partial charge is 0.369 e. The average molecular weight is 289 g/mol. The summed E-state index contributed by atoms with van der Waals surface area (Å²) in [7, 11) is 0. The van der Waals surface area contributed by atoms with Gasteiger partial charge in [-0.1, -0.05) is 43.7 Å². The molecule has 0 spiro atoms. The van der Waals surface area contributed by atoms with Crippen molar-refractivity contribution in [2.24, 2.45) is 11.7 Å². The molecule has 20 heavy (non-hydrogen) atoms. The zero-order valence-electron chi connectivity index (χ0n) is 11.2. The molecular weight excluding hydrogens is 271 g/mol. The first-order valence-electron chi connectivity index (χ1n) is 6.42. The van der Waals surface area contributed by atoms with Gasteiger partial charge in [0, 0.05) is 5.92 Å². The lowest BCUT2D eigenvalue weighted by molar-refractivity contribution is -0.346. The maximum Gasteiger partial charge on any atom is 0.523 e. The summed E-state index contributed by atoms with van der Waals surface area (Å²) in [5, 5.41) is 0. The second-order valence-electron chi connectivity index (χ2n) is 4.59. The van der Waals surface area contributed by atoms with Gasteiger partial charge in [-0.25, -0.2) is 0 Å². The van der Waals surface area contributed by atoms with Gasteiger partial charge in [0.05, 0.1) is 6.10 Å². The molecule has 1 rings (SSSR count). The number of primary amides is 1. The predicted octanol–water partition coefficient (Wildman–Crippen LogP) is 3.56. The molecule has 3 nitrogen and oxygen atoms in total. The summed E-state index contributed by atoms with van der Waals surface area (Å²) in [5.41, 5.74) is 5.62. The maximum absolute atomic E-state index is 12.5. The first-order valence-corrected chi connectivity index (χ1v) is 6.42. The Bertz CT molecular complexity index is 420. The third-order valence-electron chi connectivity index (χ3n) is 2.99. The van der Waals surface area contributed by atoms with Gasteiger partial charge in [0.2, 0.25) is 5.91 Å². The Morgan fingerprint density at radius 3 is 2.35 bits per heavy atom. The van der Waals surface area contributed by atoms with Crippen LogP contribution in [0.1, 0.15) is 37.9 Å². The average Bonchev–Trinajstić information content (AvgIpc) is 2.36. The van der Waals surface area contributed by atoms with Crippen LogP contribution in [0, 0.1) is 5.92 Å². The molecule has 112 valence electrons. The van der Waals surface area contributed by atoms with Gasteiger partial charge in [-0.2, -0.15) is 0 Å². The van der Waals surface area contributed by atoms with Crippen LogP contribution in [0.15, 0.2) is 30.3 Å². The second-order valence-corrected chi connectivity index (χ2v) is 4.59. The number of carbonyl (C=O) groups excluding carboxylic acids is 1. The molecule has 0 bridgehead atoms. The Morgan fingerprint density at radius 1 is 1.30 bits per heavy atom. The van der Waals surface area contributed by atoms with Crippen molar-refractivity contribution in [1.82, 2.24) is 0 Å². The number of alkyl halides is 3. The maximum atomic E-state index is 12.5. The summed E-state index contributed by atoms with van der Waals surface area (Å²) in [5.74, 6) is -1.23. The number of halogens is 3. The first kappa shape index (κ1) is 16.5. The number of hydrogen-bond acceptors (Lipinski definition) is 2. The number of amides is 1. The van der Waals surface area contributed by atoms with Crippen molar-refractivity contribution in [2.75, 3.05) is 0 Å². The van der Waals surface area contributed by atoms with E-state index in [0.717, 1.165) is 0 Å². The third kappa shape index (κ3) is 5.61. The van der Waals surface area contributed by atoms with Crippen LogP contribution in [-0.2, 0) is 9.53 Å². The summed E-state index contributed by atoms with van der Waals surface area (Å²) in [4.78, 5) is 11.3. The molecule has 1 aromatic carbocycles. The monoisotopic (exact) mass is 289 g/mol. The SMILES string of the molecule is CCCC(CC(OC(F)(F)F)c1ccccc1)C(N)=O. The highest BCUT2D eigenvalue weighted by molar-refractivity contribution is 5.76. The molecule has 1 aromatic rings. The molecular formula is C14H18F3NO2. The van der Waals surface area contributed by atoms with Crippen molar-refractivity contribution in [3.05, 3.63) is 35.9 Å². The molecule has 0 aliphatic heterocycles. The van der Waals surface area contributed by atoms with Crippen molar-refractivity contribution >= 4 is 5.91 Å². The minimum Gasteiger partial charge on any atom is -0.369 e. The van der Waals surface area contributed by atoms with Gasteiger partial charge in [0.25, 0.3) is 0 Å². The fourth-order valence-electron chi connectivity index (χ4n) is 2.06. The molecule has 2 atom stereocenters. The molecule has 0 aliphatic carbocycles. The lowest BCUT2D eigenvalue weighted by atomic mass is 9.92. The summed E-state index contributed by atoms with van der Waals surface area (Å²) in [6.07, 6.45) is -4.94. The van der Waals surface area contributed by atoms with E-state index in [-0.39, 0.29) is 6.42 Å². The lowest BCUT2D eigenvalue weighted by Crippen LogP contribution is -2.27. The fourth-order valence-corrected chi connectivity index (χ4v) is 2.06. The Kier molecular flexibility index (Phi) is 6.01. The van der Waals surface area contributed by atoms with Gasteiger partial charge in [-0.15, -0.1) is 13.2 Å². The minimum atomic E-state index is -4.76. The van der Waals surface area contributed by atoms with E-state index in [0.29, 0.717) is 18.4 Å². The fraction of sp³-hybridized carbons (Fsp3) is 0.500. The minimum absolute atomic E-state index is 0.0767. The van der Waals surface area contributed by atoms with Gasteiger partial charge in [-0.05, 0) is 18.4 Å². The van der Waals surface area contributed by atoms with Crippen molar-refractivity contribution in [2.45, 2.75) is 38.7 Å². The molecule has 0 saturated carbocycles. The summed E-state index contributed by atoms with van der Waals surface area (Å²) < 4.78 is 41.6. The van der Waals surface area contributed by atoms with Crippen LogP contribution in [-0.4, -0.2) is 12.3 Å². The highest BCUT2D eigenvalue weighted by atomic mass is 19.4. The van der Waals surface area contributed by atoms with Gasteiger partial charge in [0.1, 0.15) is 0 Å². The number of rotatable bonds is 7. The number of benzene rings is 1. The Balaban J connectivity index is 2.90. The molecule has 0 aliphatic rings. The van der Waals surface area contributed by atoms with Crippen molar-refractivity contribution in [3.8, 4) is 0 Å². The summed E-state index contributed by atoms with van der Waals surface area (Å²) in [6.45, 7) is 1.85. The lowest BCUT2D eigenvalue weighted by Gasteiger charge is -2.23. The quantitative estimate of drug-likeness (QED) is 0.834. The van der Waals surface area contributed by atoms with Gasteiger partial charge in [0.15, 0.2) is 0 Å². The number of hydrogen-bond donors (Lipinski definition) is 1.